The van der Waals surface area contributed by atoms with Gasteiger partial charge in [-0.3, -0.25) is 4.79 Å². The summed E-state index contributed by atoms with van der Waals surface area (Å²) >= 11 is 0. The standard InChI is InChI=1S/C13H18N2O4/c1-8(15-9-3-6-12(16)14-7-9)10-4-5-11(19-10)13(17)18-2/h4-5,8-9,15H,3,6-7H2,1-2H3,(H,14,16). The molecule has 0 saturated carbocycles. The van der Waals surface area contributed by atoms with Gasteiger partial charge in [0.25, 0.3) is 0 Å². The molecule has 0 aromatic carbocycles. The Morgan fingerprint density at radius 2 is 2.37 bits per heavy atom. The molecule has 1 aliphatic rings. The summed E-state index contributed by atoms with van der Waals surface area (Å²) in [4.78, 5) is 22.4. The smallest absolute Gasteiger partial charge is 0.373 e. The Bertz CT molecular complexity index is 459. The molecule has 1 aliphatic heterocycles. The number of esters is 1. The van der Waals surface area contributed by atoms with E-state index in [9.17, 15) is 9.59 Å². The fraction of sp³-hybridized carbons (Fsp3) is 0.538. The summed E-state index contributed by atoms with van der Waals surface area (Å²) in [6.45, 7) is 2.57. The maximum absolute atomic E-state index is 11.3. The van der Waals surface area contributed by atoms with Gasteiger partial charge in [0.15, 0.2) is 0 Å². The van der Waals surface area contributed by atoms with E-state index in [0.717, 1.165) is 6.42 Å². The van der Waals surface area contributed by atoms with Crippen molar-refractivity contribution in [3.63, 3.8) is 0 Å². The minimum Gasteiger partial charge on any atom is -0.463 e. The number of piperidine rings is 1. The van der Waals surface area contributed by atoms with Crippen molar-refractivity contribution < 1.29 is 18.7 Å². The van der Waals surface area contributed by atoms with Crippen molar-refractivity contribution in [2.75, 3.05) is 13.7 Å². The lowest BCUT2D eigenvalue weighted by atomic mass is 10.1. The van der Waals surface area contributed by atoms with Crippen molar-refractivity contribution in [1.82, 2.24) is 10.6 Å². The Morgan fingerprint density at radius 1 is 1.58 bits per heavy atom. The highest BCUT2D eigenvalue weighted by Gasteiger charge is 2.22. The third-order valence-corrected chi connectivity index (χ3v) is 3.19. The Morgan fingerprint density at radius 3 is 3.00 bits per heavy atom. The highest BCUT2D eigenvalue weighted by atomic mass is 16.5. The number of ether oxygens (including phenoxy) is 1. The zero-order valence-electron chi connectivity index (χ0n) is 11.1. The first-order chi connectivity index (χ1) is 9.10. The van der Waals surface area contributed by atoms with E-state index in [1.165, 1.54) is 7.11 Å². The number of hydrogen-bond acceptors (Lipinski definition) is 5. The minimum absolute atomic E-state index is 0.0293. The van der Waals surface area contributed by atoms with Crippen LogP contribution in [0.25, 0.3) is 0 Å². The SMILES string of the molecule is COC(=O)c1ccc(C(C)NC2CCC(=O)NC2)o1. The van der Waals surface area contributed by atoms with E-state index in [0.29, 0.717) is 18.7 Å². The average molecular weight is 266 g/mol. The van der Waals surface area contributed by atoms with Crippen molar-refractivity contribution in [2.45, 2.75) is 31.8 Å². The van der Waals surface area contributed by atoms with Crippen molar-refractivity contribution in [2.24, 2.45) is 0 Å². The van der Waals surface area contributed by atoms with E-state index in [1.54, 1.807) is 12.1 Å². The van der Waals surface area contributed by atoms with E-state index in [4.69, 9.17) is 4.42 Å². The molecule has 1 amide bonds. The number of carbonyl (C=O) groups is 2. The van der Waals surface area contributed by atoms with Crippen LogP contribution in [0.5, 0.6) is 0 Å². The van der Waals surface area contributed by atoms with Gasteiger partial charge >= 0.3 is 5.97 Å². The number of hydrogen-bond donors (Lipinski definition) is 2. The van der Waals surface area contributed by atoms with Gasteiger partial charge in [-0.1, -0.05) is 0 Å². The maximum atomic E-state index is 11.3. The van der Waals surface area contributed by atoms with E-state index >= 15 is 0 Å². The first-order valence-corrected chi connectivity index (χ1v) is 6.31. The van der Waals surface area contributed by atoms with Gasteiger partial charge in [0, 0.05) is 19.0 Å². The van der Waals surface area contributed by atoms with Gasteiger partial charge in [0.1, 0.15) is 5.76 Å². The van der Waals surface area contributed by atoms with Crippen molar-refractivity contribution in [3.05, 3.63) is 23.7 Å². The summed E-state index contributed by atoms with van der Waals surface area (Å²) in [6.07, 6.45) is 1.34. The Labute approximate surface area is 111 Å². The molecule has 2 N–H and O–H groups in total. The largest absolute Gasteiger partial charge is 0.463 e. The molecule has 1 aromatic heterocycles. The summed E-state index contributed by atoms with van der Waals surface area (Å²) in [5.74, 6) is 0.487. The number of carbonyl (C=O) groups excluding carboxylic acids is 2. The van der Waals surface area contributed by atoms with Crippen LogP contribution in [0.1, 0.15) is 42.1 Å². The van der Waals surface area contributed by atoms with Crippen LogP contribution in [-0.2, 0) is 9.53 Å². The third kappa shape index (κ3) is 3.35. The fourth-order valence-electron chi connectivity index (χ4n) is 2.11. The maximum Gasteiger partial charge on any atom is 0.373 e. The number of nitrogens with one attached hydrogen (secondary N) is 2. The van der Waals surface area contributed by atoms with Crippen molar-refractivity contribution in [3.8, 4) is 0 Å². The van der Waals surface area contributed by atoms with Gasteiger partial charge in [-0.05, 0) is 25.5 Å². The summed E-state index contributed by atoms with van der Waals surface area (Å²) < 4.78 is 10.0. The van der Waals surface area contributed by atoms with Crippen LogP contribution in [-0.4, -0.2) is 31.6 Å². The Balaban J connectivity index is 1.92. The Hall–Kier alpha value is -1.82. The van der Waals surface area contributed by atoms with Gasteiger partial charge in [-0.25, -0.2) is 4.79 Å². The molecule has 2 rings (SSSR count). The molecule has 0 bridgehead atoms. The van der Waals surface area contributed by atoms with Crippen molar-refractivity contribution in [1.29, 1.82) is 0 Å². The topological polar surface area (TPSA) is 80.6 Å². The highest BCUT2D eigenvalue weighted by molar-refractivity contribution is 5.86. The quantitative estimate of drug-likeness (QED) is 0.794. The fourth-order valence-corrected chi connectivity index (χ4v) is 2.11. The zero-order valence-corrected chi connectivity index (χ0v) is 11.1. The molecule has 19 heavy (non-hydrogen) atoms. The van der Waals surface area contributed by atoms with E-state index in [1.807, 2.05) is 6.92 Å². The zero-order chi connectivity index (χ0) is 13.8. The minimum atomic E-state index is -0.483. The molecule has 6 nitrogen and oxygen atoms in total. The van der Waals surface area contributed by atoms with Gasteiger partial charge in [0.2, 0.25) is 11.7 Å². The van der Waals surface area contributed by atoms with Gasteiger partial charge in [-0.2, -0.15) is 0 Å². The molecule has 1 saturated heterocycles. The molecule has 0 aliphatic carbocycles. The lowest BCUT2D eigenvalue weighted by Gasteiger charge is -2.26. The number of rotatable bonds is 4. The van der Waals surface area contributed by atoms with E-state index in [2.05, 4.69) is 15.4 Å². The summed E-state index contributed by atoms with van der Waals surface area (Å²) in [7, 11) is 1.32. The predicted molar refractivity (Wildman–Crippen MR) is 67.6 cm³/mol. The van der Waals surface area contributed by atoms with Crippen LogP contribution in [0.2, 0.25) is 0 Å². The molecule has 1 fully saturated rings. The van der Waals surface area contributed by atoms with Crippen LogP contribution in [0.4, 0.5) is 0 Å². The second kappa shape index (κ2) is 5.88. The number of amides is 1. The molecule has 2 unspecified atom stereocenters. The van der Waals surface area contributed by atoms with Crippen LogP contribution < -0.4 is 10.6 Å². The Kier molecular flexibility index (Phi) is 4.21. The lowest BCUT2D eigenvalue weighted by Crippen LogP contribution is -2.46. The summed E-state index contributed by atoms with van der Waals surface area (Å²) in [5.41, 5.74) is 0. The lowest BCUT2D eigenvalue weighted by molar-refractivity contribution is -0.122. The predicted octanol–water partition coefficient (Wildman–Crippen LogP) is 0.995. The molecule has 1 aromatic rings. The highest BCUT2D eigenvalue weighted by Crippen LogP contribution is 2.18. The normalized spacial score (nSPS) is 20.7. The molecular formula is C13H18N2O4. The monoisotopic (exact) mass is 266 g/mol. The average Bonchev–Trinajstić information content (AvgIpc) is 2.90. The number of methoxy groups -OCH3 is 1. The van der Waals surface area contributed by atoms with Crippen LogP contribution >= 0.6 is 0 Å². The van der Waals surface area contributed by atoms with Gasteiger partial charge in [-0.15, -0.1) is 0 Å². The molecule has 0 spiro atoms. The van der Waals surface area contributed by atoms with Crippen LogP contribution in [0.3, 0.4) is 0 Å². The first-order valence-electron chi connectivity index (χ1n) is 6.31. The van der Waals surface area contributed by atoms with Gasteiger partial charge in [0.05, 0.1) is 13.2 Å². The molecule has 0 radical (unpaired) electrons. The molecule has 104 valence electrons. The van der Waals surface area contributed by atoms with Gasteiger partial charge < -0.3 is 19.8 Å². The van der Waals surface area contributed by atoms with E-state index in [-0.39, 0.29) is 23.8 Å². The molecule has 6 heteroatoms. The second-order valence-corrected chi connectivity index (χ2v) is 4.62. The van der Waals surface area contributed by atoms with Crippen molar-refractivity contribution >= 4 is 11.9 Å². The second-order valence-electron chi connectivity index (χ2n) is 4.62. The number of furan rings is 1. The first kappa shape index (κ1) is 13.6. The van der Waals surface area contributed by atoms with Crippen LogP contribution in [0, 0.1) is 0 Å². The summed E-state index contributed by atoms with van der Waals surface area (Å²) in [6, 6.07) is 3.55. The van der Waals surface area contributed by atoms with Crippen LogP contribution in [0.15, 0.2) is 16.5 Å². The van der Waals surface area contributed by atoms with E-state index < -0.39 is 5.97 Å². The molecule has 2 heterocycles. The molecular weight excluding hydrogens is 248 g/mol. The third-order valence-electron chi connectivity index (χ3n) is 3.19. The molecule has 2 atom stereocenters. The summed E-state index contributed by atoms with van der Waals surface area (Å²) in [5, 5.41) is 6.18.